The van der Waals surface area contributed by atoms with Crippen molar-refractivity contribution in [3.63, 3.8) is 0 Å². The van der Waals surface area contributed by atoms with Gasteiger partial charge in [-0.15, -0.1) is 0 Å². The lowest BCUT2D eigenvalue weighted by Crippen LogP contribution is -2.51. The van der Waals surface area contributed by atoms with Gasteiger partial charge in [0.1, 0.15) is 6.10 Å². The van der Waals surface area contributed by atoms with Gasteiger partial charge in [0.2, 0.25) is 0 Å². The van der Waals surface area contributed by atoms with E-state index in [0.717, 1.165) is 54.8 Å². The van der Waals surface area contributed by atoms with Crippen molar-refractivity contribution in [2.75, 3.05) is 0 Å². The molecule has 294 valence electrons. The minimum atomic E-state index is 0.0619. The highest BCUT2D eigenvalue weighted by molar-refractivity contribution is 5.69. The zero-order chi connectivity index (χ0) is 36.5. The maximum absolute atomic E-state index is 12.9. The maximum Gasteiger partial charge on any atom is 0.306 e. The molecule has 0 amide bonds. The molecule has 3 fully saturated rings. The van der Waals surface area contributed by atoms with Crippen LogP contribution in [0.25, 0.3) is 0 Å². The van der Waals surface area contributed by atoms with Crippen LogP contribution in [0.5, 0.6) is 0 Å². The smallest absolute Gasteiger partial charge is 0.306 e. The van der Waals surface area contributed by atoms with Crippen LogP contribution in [0, 0.1) is 46.3 Å². The van der Waals surface area contributed by atoms with E-state index in [1.165, 1.54) is 161 Å². The highest BCUT2D eigenvalue weighted by Gasteiger charge is 2.59. The predicted molar refractivity (Wildman–Crippen MR) is 221 cm³/mol. The largest absolute Gasteiger partial charge is 0.462 e. The molecule has 8 unspecified atom stereocenters. The molecule has 4 aliphatic rings. The molecule has 0 radical (unpaired) electrons. The Morgan fingerprint density at radius 1 is 0.745 bits per heavy atom. The van der Waals surface area contributed by atoms with Gasteiger partial charge >= 0.3 is 5.97 Å². The molecule has 2 heteroatoms. The topological polar surface area (TPSA) is 26.3 Å². The lowest BCUT2D eigenvalue weighted by atomic mass is 9.47. The van der Waals surface area contributed by atoms with E-state index in [1.54, 1.807) is 5.57 Å². The number of ether oxygens (including phenoxy) is 1. The molecule has 0 spiro atoms. The molecule has 4 rings (SSSR count). The molecule has 0 N–H and O–H groups in total. The molecular weight excluding hydrogens is 621 g/mol. The fraction of sp³-hybridized carbons (Fsp3) is 0.898. The number of unbranched alkanes of at least 4 members (excludes halogenated alkanes) is 15. The zero-order valence-corrected chi connectivity index (χ0v) is 35.1. The Morgan fingerprint density at radius 3 is 2.02 bits per heavy atom. The van der Waals surface area contributed by atoms with E-state index in [1.807, 2.05) is 0 Å². The zero-order valence-electron chi connectivity index (χ0n) is 35.1. The number of fused-ring (bicyclic) bond motifs is 5. The summed E-state index contributed by atoms with van der Waals surface area (Å²) < 4.78 is 6.15. The van der Waals surface area contributed by atoms with Crippen molar-refractivity contribution < 1.29 is 9.53 Å². The molecular formula is C49H86O2. The summed E-state index contributed by atoms with van der Waals surface area (Å²) in [4.78, 5) is 12.9. The Hall–Kier alpha value is -1.05. The minimum absolute atomic E-state index is 0.0619. The van der Waals surface area contributed by atoms with Crippen molar-refractivity contribution in [1.82, 2.24) is 0 Å². The van der Waals surface area contributed by atoms with Gasteiger partial charge in [-0.2, -0.15) is 0 Å². The van der Waals surface area contributed by atoms with Crippen LogP contribution in [-0.2, 0) is 9.53 Å². The van der Waals surface area contributed by atoms with E-state index in [9.17, 15) is 4.79 Å². The van der Waals surface area contributed by atoms with E-state index in [4.69, 9.17) is 4.74 Å². The van der Waals surface area contributed by atoms with Crippen molar-refractivity contribution in [2.24, 2.45) is 46.3 Å². The maximum atomic E-state index is 12.9. The van der Waals surface area contributed by atoms with Gasteiger partial charge in [-0.05, 0) is 123 Å². The van der Waals surface area contributed by atoms with Crippen molar-refractivity contribution in [3.8, 4) is 0 Å². The number of hydrogen-bond acceptors (Lipinski definition) is 2. The molecule has 0 aromatic carbocycles. The minimum Gasteiger partial charge on any atom is -0.462 e. The Morgan fingerprint density at radius 2 is 1.37 bits per heavy atom. The Bertz CT molecular complexity index is 1040. The third-order valence-corrected chi connectivity index (χ3v) is 15.2. The number of hydrogen-bond donors (Lipinski definition) is 0. The number of carbonyl (C=O) groups is 1. The molecule has 0 heterocycles. The first-order valence-electron chi connectivity index (χ1n) is 23.2. The predicted octanol–water partition coefficient (Wildman–Crippen LogP) is 15.5. The average molecular weight is 707 g/mol. The normalized spacial score (nSPS) is 31.0. The molecule has 0 bridgehead atoms. The molecule has 3 saturated carbocycles. The first-order chi connectivity index (χ1) is 24.7. The molecule has 51 heavy (non-hydrogen) atoms. The second-order valence-electron chi connectivity index (χ2n) is 19.4. The number of esters is 1. The van der Waals surface area contributed by atoms with Crippen LogP contribution in [0.1, 0.15) is 228 Å². The number of rotatable bonds is 25. The fourth-order valence-corrected chi connectivity index (χ4v) is 12.0. The van der Waals surface area contributed by atoms with Crippen molar-refractivity contribution in [3.05, 3.63) is 23.8 Å². The monoisotopic (exact) mass is 707 g/mol. The summed E-state index contributed by atoms with van der Waals surface area (Å²) in [5.74, 6) is 5.32. The molecule has 0 saturated heterocycles. The fourth-order valence-electron chi connectivity index (χ4n) is 12.0. The summed E-state index contributed by atoms with van der Waals surface area (Å²) >= 11 is 0. The van der Waals surface area contributed by atoms with Crippen LogP contribution in [0.15, 0.2) is 23.8 Å². The van der Waals surface area contributed by atoms with Crippen molar-refractivity contribution in [2.45, 2.75) is 234 Å². The van der Waals surface area contributed by atoms with Gasteiger partial charge in [0.05, 0.1) is 0 Å². The summed E-state index contributed by atoms with van der Waals surface area (Å²) in [5.41, 5.74) is 2.53. The van der Waals surface area contributed by atoms with Gasteiger partial charge in [0, 0.05) is 12.8 Å². The van der Waals surface area contributed by atoms with E-state index >= 15 is 0 Å². The summed E-state index contributed by atoms with van der Waals surface area (Å²) in [6.07, 6.45) is 45.4. The van der Waals surface area contributed by atoms with Crippen LogP contribution in [0.3, 0.4) is 0 Å². The van der Waals surface area contributed by atoms with Gasteiger partial charge < -0.3 is 4.74 Å². The number of carbonyl (C=O) groups excluding carboxylic acids is 1. The second kappa shape index (κ2) is 22.4. The molecule has 0 aromatic rings. The SMILES string of the molecule is CCCCCCCC/C=C/CCCCCCCCCCCC(=O)OC1CCC2(C)C(=CCC3C2CCC2(C)C(C(C)CCCC(C)C)CCC32)C1. The Labute approximate surface area is 318 Å². The quantitative estimate of drug-likeness (QED) is 0.0537. The lowest BCUT2D eigenvalue weighted by Gasteiger charge is -2.58. The van der Waals surface area contributed by atoms with E-state index in [2.05, 4.69) is 59.8 Å². The van der Waals surface area contributed by atoms with Crippen LogP contribution in [0.2, 0.25) is 0 Å². The summed E-state index contributed by atoms with van der Waals surface area (Å²) in [7, 11) is 0. The molecule has 0 aliphatic heterocycles. The average Bonchev–Trinajstić information content (AvgIpc) is 3.46. The Kier molecular flexibility index (Phi) is 18.7. The lowest BCUT2D eigenvalue weighted by molar-refractivity contribution is -0.151. The highest BCUT2D eigenvalue weighted by atomic mass is 16.5. The van der Waals surface area contributed by atoms with Crippen LogP contribution in [0.4, 0.5) is 0 Å². The van der Waals surface area contributed by atoms with E-state index < -0.39 is 0 Å². The van der Waals surface area contributed by atoms with Crippen LogP contribution in [-0.4, -0.2) is 12.1 Å². The molecule has 8 atom stereocenters. The van der Waals surface area contributed by atoms with Gasteiger partial charge in [0.25, 0.3) is 0 Å². The first-order valence-corrected chi connectivity index (χ1v) is 23.2. The van der Waals surface area contributed by atoms with Gasteiger partial charge in [-0.3, -0.25) is 4.79 Å². The van der Waals surface area contributed by atoms with Crippen molar-refractivity contribution in [1.29, 1.82) is 0 Å². The van der Waals surface area contributed by atoms with Gasteiger partial charge in [0.15, 0.2) is 0 Å². The van der Waals surface area contributed by atoms with E-state index in [-0.39, 0.29) is 12.1 Å². The second-order valence-corrected chi connectivity index (χ2v) is 19.4. The van der Waals surface area contributed by atoms with Gasteiger partial charge in [-0.1, -0.05) is 162 Å². The standard InChI is InChI=1S/C49H86O2/c1-7-8-9-10-11-12-13-14-15-16-17-18-19-20-21-22-23-24-25-29-47(50)51-42-34-36-48(5)41(38-42)30-31-43-45-33-32-44(40(4)28-26-27-39(2)3)49(45,6)37-35-46(43)48/h14-15,30,39-40,42-46H,7-13,16-29,31-38H2,1-6H3/b15-14+. The summed E-state index contributed by atoms with van der Waals surface area (Å²) in [6, 6.07) is 0. The third kappa shape index (κ3) is 12.8. The molecule has 4 aliphatic carbocycles. The Balaban J connectivity index is 1.04. The van der Waals surface area contributed by atoms with Crippen LogP contribution >= 0.6 is 0 Å². The summed E-state index contributed by atoms with van der Waals surface area (Å²) in [5, 5.41) is 0. The highest BCUT2D eigenvalue weighted by Crippen LogP contribution is 2.67. The third-order valence-electron chi connectivity index (χ3n) is 15.2. The molecule has 2 nitrogen and oxygen atoms in total. The first kappa shape index (κ1) is 42.7. The van der Waals surface area contributed by atoms with Crippen LogP contribution < -0.4 is 0 Å². The summed E-state index contributed by atoms with van der Waals surface area (Å²) in [6.45, 7) is 15.0. The van der Waals surface area contributed by atoms with E-state index in [0.29, 0.717) is 17.3 Å². The van der Waals surface area contributed by atoms with Gasteiger partial charge in [-0.25, -0.2) is 0 Å². The molecule has 0 aromatic heterocycles. The number of allylic oxidation sites excluding steroid dienone is 3. The van der Waals surface area contributed by atoms with Crippen molar-refractivity contribution >= 4 is 5.97 Å².